The van der Waals surface area contributed by atoms with E-state index in [1.165, 1.54) is 4.90 Å². The largest absolute Gasteiger partial charge is 0.480 e. The minimum Gasteiger partial charge on any atom is -0.480 e. The van der Waals surface area contributed by atoms with Crippen molar-refractivity contribution in [1.29, 1.82) is 0 Å². The van der Waals surface area contributed by atoms with Crippen molar-refractivity contribution >= 4 is 18.6 Å². The van der Waals surface area contributed by atoms with Crippen LogP contribution in [0.2, 0.25) is 0 Å². The first-order valence-electron chi connectivity index (χ1n) is 3.01. The van der Waals surface area contributed by atoms with Crippen molar-refractivity contribution in [2.45, 2.75) is 6.04 Å². The van der Waals surface area contributed by atoms with Crippen LogP contribution < -0.4 is 5.73 Å². The van der Waals surface area contributed by atoms with Crippen molar-refractivity contribution in [1.82, 2.24) is 4.90 Å². The van der Waals surface area contributed by atoms with E-state index in [1.807, 2.05) is 0 Å². The lowest BCUT2D eigenvalue weighted by Gasteiger charge is -2.24. The average molecular weight is 176 g/mol. The molecule has 0 spiro atoms. The van der Waals surface area contributed by atoms with E-state index in [-0.39, 0.29) is 11.6 Å². The lowest BCUT2D eigenvalue weighted by Crippen LogP contribution is -2.41. The fourth-order valence-electron chi connectivity index (χ4n) is 0.566. The Labute approximate surface area is 71.1 Å². The van der Waals surface area contributed by atoms with Crippen molar-refractivity contribution in [2.24, 2.45) is 5.73 Å². The molecule has 0 aliphatic rings. The zero-order valence-electron chi connectivity index (χ0n) is 6.32. The quantitative estimate of drug-likeness (QED) is 0.516. The van der Waals surface area contributed by atoms with Crippen molar-refractivity contribution in [3.63, 3.8) is 0 Å². The van der Waals surface area contributed by atoms with Gasteiger partial charge in [0, 0.05) is 12.8 Å². The molecule has 1 atom stereocenters. The number of rotatable bonds is 4. The van der Waals surface area contributed by atoms with Gasteiger partial charge in [-0.2, -0.15) is 12.6 Å². The second-order valence-electron chi connectivity index (χ2n) is 2.14. The molecule has 0 aliphatic heterocycles. The molecule has 0 heterocycles. The fraction of sp³-hybridized carbons (Fsp3) is 0.500. The van der Waals surface area contributed by atoms with Gasteiger partial charge < -0.3 is 15.7 Å². The van der Waals surface area contributed by atoms with Crippen LogP contribution in [0.1, 0.15) is 0 Å². The van der Waals surface area contributed by atoms with Gasteiger partial charge in [-0.1, -0.05) is 6.58 Å². The Balaban J connectivity index is 4.25. The summed E-state index contributed by atoms with van der Waals surface area (Å²) in [5, 5.41) is 8.61. The molecule has 0 aromatic heterocycles. The summed E-state index contributed by atoms with van der Waals surface area (Å²) in [6, 6.07) is -0.698. The number of carboxylic acid groups (broad SMARTS) is 1. The maximum Gasteiger partial charge on any atom is 0.327 e. The number of hydrogen-bond donors (Lipinski definition) is 3. The number of carboxylic acids is 1. The van der Waals surface area contributed by atoms with E-state index in [1.54, 1.807) is 7.05 Å². The molecule has 3 N–H and O–H groups in total. The average Bonchev–Trinajstić information content (AvgIpc) is 1.88. The molecule has 1 unspecified atom stereocenters. The predicted molar refractivity (Wildman–Crippen MR) is 46.4 cm³/mol. The number of likely N-dealkylation sites (N-methyl/N-ethyl adjacent to an activating group) is 1. The molecule has 0 fully saturated rings. The summed E-state index contributed by atoms with van der Waals surface area (Å²) in [6.45, 7) is 3.41. The summed E-state index contributed by atoms with van der Waals surface area (Å²) >= 11 is 3.87. The van der Waals surface area contributed by atoms with Crippen LogP contribution >= 0.6 is 12.6 Å². The fourth-order valence-corrected chi connectivity index (χ4v) is 0.968. The van der Waals surface area contributed by atoms with Gasteiger partial charge in [0.2, 0.25) is 0 Å². The second-order valence-corrected chi connectivity index (χ2v) is 2.50. The van der Waals surface area contributed by atoms with Crippen LogP contribution in [-0.2, 0) is 4.79 Å². The molecule has 0 rings (SSSR count). The van der Waals surface area contributed by atoms with Crippen LogP contribution in [0.25, 0.3) is 0 Å². The van der Waals surface area contributed by atoms with Gasteiger partial charge in [-0.15, -0.1) is 0 Å². The summed E-state index contributed by atoms with van der Waals surface area (Å²) in [4.78, 5) is 11.9. The summed E-state index contributed by atoms with van der Waals surface area (Å²) in [5.41, 5.74) is 5.28. The van der Waals surface area contributed by atoms with E-state index in [0.29, 0.717) is 0 Å². The molecule has 0 amide bonds. The van der Waals surface area contributed by atoms with Crippen LogP contribution in [0, 0.1) is 0 Å². The zero-order chi connectivity index (χ0) is 9.02. The molecule has 0 aliphatic carbocycles. The number of hydrogen-bond acceptors (Lipinski definition) is 4. The third-order valence-electron chi connectivity index (χ3n) is 1.38. The van der Waals surface area contributed by atoms with Gasteiger partial charge in [-0.3, -0.25) is 0 Å². The van der Waals surface area contributed by atoms with E-state index in [9.17, 15) is 4.79 Å². The molecule has 0 saturated heterocycles. The van der Waals surface area contributed by atoms with Gasteiger partial charge in [0.15, 0.2) is 0 Å². The van der Waals surface area contributed by atoms with E-state index in [2.05, 4.69) is 19.2 Å². The molecule has 4 nitrogen and oxygen atoms in total. The molecular weight excluding hydrogens is 164 g/mol. The Hall–Kier alpha value is -0.840. The third-order valence-corrected chi connectivity index (χ3v) is 1.72. The van der Waals surface area contributed by atoms with Crippen molar-refractivity contribution in [3.05, 3.63) is 12.4 Å². The van der Waals surface area contributed by atoms with E-state index < -0.39 is 12.0 Å². The monoisotopic (exact) mass is 176 g/mol. The maximum absolute atomic E-state index is 10.5. The molecule has 0 aromatic carbocycles. The van der Waals surface area contributed by atoms with Gasteiger partial charge in [-0.25, -0.2) is 4.79 Å². The van der Waals surface area contributed by atoms with E-state index >= 15 is 0 Å². The Kier molecular flexibility index (Phi) is 3.81. The zero-order valence-corrected chi connectivity index (χ0v) is 7.21. The second kappa shape index (κ2) is 4.12. The van der Waals surface area contributed by atoms with Gasteiger partial charge in [0.1, 0.15) is 6.04 Å². The maximum atomic E-state index is 10.5. The highest BCUT2D eigenvalue weighted by molar-refractivity contribution is 7.80. The highest BCUT2D eigenvalue weighted by Gasteiger charge is 2.20. The molecule has 0 aromatic rings. The molecule has 0 bridgehead atoms. The van der Waals surface area contributed by atoms with Crippen molar-refractivity contribution < 1.29 is 9.90 Å². The third kappa shape index (κ3) is 2.71. The highest BCUT2D eigenvalue weighted by Crippen LogP contribution is 2.02. The Morgan fingerprint density at radius 3 is 2.45 bits per heavy atom. The lowest BCUT2D eigenvalue weighted by atomic mass is 10.3. The minimum atomic E-state index is -0.950. The van der Waals surface area contributed by atoms with Crippen LogP contribution in [0.15, 0.2) is 12.4 Å². The van der Waals surface area contributed by atoms with Gasteiger partial charge in [-0.05, 0) is 0 Å². The number of nitrogens with two attached hydrogens (primary N) is 1. The molecule has 11 heavy (non-hydrogen) atoms. The number of aliphatic carboxylic acids is 1. The van der Waals surface area contributed by atoms with Crippen LogP contribution in [-0.4, -0.2) is 34.8 Å². The predicted octanol–water partition coefficient (Wildman–Crippen LogP) is -0.269. The number of thiol groups is 1. The smallest absolute Gasteiger partial charge is 0.327 e. The normalized spacial score (nSPS) is 12.2. The molecule has 64 valence electrons. The van der Waals surface area contributed by atoms with E-state index in [4.69, 9.17) is 10.8 Å². The first-order valence-corrected chi connectivity index (χ1v) is 3.64. The summed E-state index contributed by atoms with van der Waals surface area (Å²) in [7, 11) is 1.57. The standard InChI is InChI=1S/C6H12N2O2S/c1-4(7)8(2)5(3-11)6(9)10/h5,11H,1,3,7H2,2H3,(H,9,10). The van der Waals surface area contributed by atoms with Gasteiger partial charge >= 0.3 is 5.97 Å². The van der Waals surface area contributed by atoms with Crippen LogP contribution in [0.3, 0.4) is 0 Å². The Morgan fingerprint density at radius 2 is 2.36 bits per heavy atom. The molecule has 0 radical (unpaired) electrons. The van der Waals surface area contributed by atoms with Gasteiger partial charge in [0.25, 0.3) is 0 Å². The SMILES string of the molecule is C=C(N)N(C)C(CS)C(=O)O. The first kappa shape index (κ1) is 10.2. The Morgan fingerprint density at radius 1 is 1.91 bits per heavy atom. The summed E-state index contributed by atoms with van der Waals surface area (Å²) in [6.07, 6.45) is 0. The summed E-state index contributed by atoms with van der Waals surface area (Å²) in [5.74, 6) is -0.511. The summed E-state index contributed by atoms with van der Waals surface area (Å²) < 4.78 is 0. The number of carbonyl (C=O) groups is 1. The lowest BCUT2D eigenvalue weighted by molar-refractivity contribution is -0.141. The highest BCUT2D eigenvalue weighted by atomic mass is 32.1. The molecular formula is C6H12N2O2S. The Bertz CT molecular complexity index is 172. The number of nitrogens with zero attached hydrogens (tertiary/aromatic N) is 1. The van der Waals surface area contributed by atoms with E-state index in [0.717, 1.165) is 0 Å². The van der Waals surface area contributed by atoms with Crippen molar-refractivity contribution in [3.8, 4) is 0 Å². The van der Waals surface area contributed by atoms with Crippen LogP contribution in [0.4, 0.5) is 0 Å². The molecule has 5 heteroatoms. The van der Waals surface area contributed by atoms with Crippen molar-refractivity contribution in [2.75, 3.05) is 12.8 Å². The first-order chi connectivity index (χ1) is 5.00. The van der Waals surface area contributed by atoms with Crippen LogP contribution in [0.5, 0.6) is 0 Å². The molecule has 0 saturated carbocycles. The minimum absolute atomic E-state index is 0.210. The van der Waals surface area contributed by atoms with Gasteiger partial charge in [0.05, 0.1) is 5.82 Å². The topological polar surface area (TPSA) is 66.6 Å².